The largest absolute Gasteiger partial charge is 0.357 e. The highest BCUT2D eigenvalue weighted by atomic mass is 127. The second kappa shape index (κ2) is 11.2. The summed E-state index contributed by atoms with van der Waals surface area (Å²) in [7, 11) is 0. The van der Waals surface area contributed by atoms with Gasteiger partial charge in [0.1, 0.15) is 0 Å². The second-order valence-electron chi connectivity index (χ2n) is 8.23. The Kier molecular flexibility index (Phi) is 8.60. The number of aliphatic imine (C=N–C) groups is 1. The standard InChI is InChI=1S/C24H34N4.HI/c1-2-25-24(26-18-20-10-7-9-19-8-3-6-13-23(19)20)27-21-14-16-28(17-15-21)22-11-4-5-12-22;/h3,6-10,13,21-22H,2,4-5,11-12,14-18H2,1H3,(H2,25,26,27);1H. The van der Waals surface area contributed by atoms with E-state index >= 15 is 0 Å². The van der Waals surface area contributed by atoms with E-state index in [1.165, 1.54) is 68.0 Å². The van der Waals surface area contributed by atoms with Crippen LogP contribution in [0.2, 0.25) is 0 Å². The number of benzene rings is 2. The molecule has 0 bridgehead atoms. The molecule has 0 amide bonds. The molecule has 29 heavy (non-hydrogen) atoms. The molecule has 0 atom stereocenters. The van der Waals surface area contributed by atoms with Gasteiger partial charge in [0.05, 0.1) is 6.54 Å². The predicted molar refractivity (Wildman–Crippen MR) is 134 cm³/mol. The van der Waals surface area contributed by atoms with Gasteiger partial charge in [-0.2, -0.15) is 0 Å². The van der Waals surface area contributed by atoms with Crippen LogP contribution in [0.1, 0.15) is 51.0 Å². The van der Waals surface area contributed by atoms with Gasteiger partial charge < -0.3 is 15.5 Å². The minimum atomic E-state index is 0. The highest BCUT2D eigenvalue weighted by molar-refractivity contribution is 14.0. The van der Waals surface area contributed by atoms with Crippen molar-refractivity contribution >= 4 is 40.7 Å². The fourth-order valence-corrected chi connectivity index (χ4v) is 4.79. The van der Waals surface area contributed by atoms with E-state index in [0.717, 1.165) is 18.5 Å². The van der Waals surface area contributed by atoms with Gasteiger partial charge in [-0.15, -0.1) is 24.0 Å². The molecule has 158 valence electrons. The van der Waals surface area contributed by atoms with Gasteiger partial charge in [0, 0.05) is 31.7 Å². The third-order valence-corrected chi connectivity index (χ3v) is 6.34. The summed E-state index contributed by atoms with van der Waals surface area (Å²) in [6, 6.07) is 16.4. The molecule has 1 saturated heterocycles. The smallest absolute Gasteiger partial charge is 0.191 e. The van der Waals surface area contributed by atoms with Crippen LogP contribution >= 0.6 is 24.0 Å². The van der Waals surface area contributed by atoms with Crippen LogP contribution in [0.3, 0.4) is 0 Å². The van der Waals surface area contributed by atoms with E-state index in [2.05, 4.69) is 64.9 Å². The number of hydrogen-bond acceptors (Lipinski definition) is 2. The quantitative estimate of drug-likeness (QED) is 0.344. The number of piperidine rings is 1. The molecule has 5 heteroatoms. The van der Waals surface area contributed by atoms with E-state index in [1.54, 1.807) is 0 Å². The molecule has 4 rings (SSSR count). The Hall–Kier alpha value is -1.34. The number of halogens is 1. The number of nitrogens with one attached hydrogen (secondary N) is 2. The summed E-state index contributed by atoms with van der Waals surface area (Å²) in [6.07, 6.45) is 8.10. The SMILES string of the molecule is CCNC(=NCc1cccc2ccccc12)NC1CCN(C2CCCC2)CC1.I. The molecule has 0 aromatic heterocycles. The normalized spacial score (nSPS) is 19.3. The minimum absolute atomic E-state index is 0. The van der Waals surface area contributed by atoms with E-state index < -0.39 is 0 Å². The maximum absolute atomic E-state index is 4.91. The van der Waals surface area contributed by atoms with E-state index in [4.69, 9.17) is 4.99 Å². The van der Waals surface area contributed by atoms with Crippen molar-refractivity contribution < 1.29 is 0 Å². The van der Waals surface area contributed by atoms with Crippen LogP contribution < -0.4 is 10.6 Å². The van der Waals surface area contributed by atoms with Crippen molar-refractivity contribution in [2.24, 2.45) is 4.99 Å². The van der Waals surface area contributed by atoms with Crippen molar-refractivity contribution in [3.05, 3.63) is 48.0 Å². The number of rotatable bonds is 5. The Bertz CT molecular complexity index is 787. The summed E-state index contributed by atoms with van der Waals surface area (Å²) in [5.41, 5.74) is 1.28. The molecule has 1 aliphatic heterocycles. The van der Waals surface area contributed by atoms with Crippen molar-refractivity contribution in [3.63, 3.8) is 0 Å². The van der Waals surface area contributed by atoms with Gasteiger partial charge in [-0.3, -0.25) is 0 Å². The lowest BCUT2D eigenvalue weighted by atomic mass is 10.0. The molecular weight excluding hydrogens is 471 g/mol. The fourth-order valence-electron chi connectivity index (χ4n) is 4.79. The summed E-state index contributed by atoms with van der Waals surface area (Å²) in [5.74, 6) is 0.953. The lowest BCUT2D eigenvalue weighted by molar-refractivity contribution is 0.150. The van der Waals surface area contributed by atoms with Gasteiger partial charge in [0.15, 0.2) is 5.96 Å². The average Bonchev–Trinajstić information content (AvgIpc) is 3.27. The Labute approximate surface area is 192 Å². The first kappa shape index (κ1) is 22.3. The number of fused-ring (bicyclic) bond motifs is 1. The molecule has 0 unspecified atom stereocenters. The summed E-state index contributed by atoms with van der Waals surface area (Å²) in [6.45, 7) is 6.19. The molecule has 2 aromatic carbocycles. The van der Waals surface area contributed by atoms with Gasteiger partial charge >= 0.3 is 0 Å². The topological polar surface area (TPSA) is 39.7 Å². The van der Waals surface area contributed by atoms with Crippen LogP contribution in [-0.4, -0.2) is 42.6 Å². The van der Waals surface area contributed by atoms with E-state index in [-0.39, 0.29) is 24.0 Å². The number of nitrogens with zero attached hydrogens (tertiary/aromatic N) is 2. The Morgan fingerprint density at radius 3 is 2.48 bits per heavy atom. The predicted octanol–water partition coefficient (Wildman–Crippen LogP) is 4.92. The first-order valence-corrected chi connectivity index (χ1v) is 11.1. The summed E-state index contributed by atoms with van der Waals surface area (Å²) >= 11 is 0. The molecule has 2 fully saturated rings. The van der Waals surface area contributed by atoms with E-state index in [1.807, 2.05) is 0 Å². The molecule has 2 aliphatic rings. The van der Waals surface area contributed by atoms with Crippen molar-refractivity contribution in [2.75, 3.05) is 19.6 Å². The van der Waals surface area contributed by atoms with Crippen molar-refractivity contribution in [1.29, 1.82) is 0 Å². The van der Waals surface area contributed by atoms with Gasteiger partial charge in [0.2, 0.25) is 0 Å². The maximum Gasteiger partial charge on any atom is 0.191 e. The zero-order valence-corrected chi connectivity index (χ0v) is 19.9. The average molecular weight is 506 g/mol. The van der Waals surface area contributed by atoms with Crippen molar-refractivity contribution in [2.45, 2.75) is 64.1 Å². The zero-order valence-electron chi connectivity index (χ0n) is 17.6. The highest BCUT2D eigenvalue weighted by Gasteiger charge is 2.27. The molecule has 1 aliphatic carbocycles. The zero-order chi connectivity index (χ0) is 19.2. The molecule has 0 radical (unpaired) electrons. The fraction of sp³-hybridized carbons (Fsp3) is 0.542. The van der Waals surface area contributed by atoms with E-state index in [0.29, 0.717) is 12.6 Å². The minimum Gasteiger partial charge on any atom is -0.357 e. The molecule has 1 saturated carbocycles. The maximum atomic E-state index is 4.91. The molecular formula is C24H35IN4. The molecule has 2 N–H and O–H groups in total. The molecule has 2 aromatic rings. The summed E-state index contributed by atoms with van der Waals surface area (Å²) in [4.78, 5) is 7.63. The first-order valence-electron chi connectivity index (χ1n) is 11.1. The first-order chi connectivity index (χ1) is 13.8. The molecule has 0 spiro atoms. The Morgan fingerprint density at radius 2 is 1.72 bits per heavy atom. The second-order valence-corrected chi connectivity index (χ2v) is 8.23. The van der Waals surface area contributed by atoms with Crippen LogP contribution in [0.4, 0.5) is 0 Å². The highest BCUT2D eigenvalue weighted by Crippen LogP contribution is 2.26. The van der Waals surface area contributed by atoms with Crippen LogP contribution in [0.25, 0.3) is 10.8 Å². The summed E-state index contributed by atoms with van der Waals surface area (Å²) in [5, 5.41) is 9.72. The lowest BCUT2D eigenvalue weighted by Crippen LogP contribution is -2.50. The van der Waals surface area contributed by atoms with Crippen molar-refractivity contribution in [1.82, 2.24) is 15.5 Å². The lowest BCUT2D eigenvalue weighted by Gasteiger charge is -2.36. The number of hydrogen-bond donors (Lipinski definition) is 2. The van der Waals surface area contributed by atoms with Crippen LogP contribution in [0.5, 0.6) is 0 Å². The van der Waals surface area contributed by atoms with Gasteiger partial charge in [-0.25, -0.2) is 4.99 Å². The Balaban J connectivity index is 0.00000240. The number of guanidine groups is 1. The van der Waals surface area contributed by atoms with Gasteiger partial charge in [-0.05, 0) is 48.9 Å². The van der Waals surface area contributed by atoms with Gasteiger partial charge in [-0.1, -0.05) is 55.3 Å². The van der Waals surface area contributed by atoms with E-state index in [9.17, 15) is 0 Å². The monoisotopic (exact) mass is 506 g/mol. The van der Waals surface area contributed by atoms with Crippen LogP contribution in [0, 0.1) is 0 Å². The summed E-state index contributed by atoms with van der Waals surface area (Å²) < 4.78 is 0. The Morgan fingerprint density at radius 1 is 1.00 bits per heavy atom. The molecule has 4 nitrogen and oxygen atoms in total. The third-order valence-electron chi connectivity index (χ3n) is 6.34. The number of likely N-dealkylation sites (tertiary alicyclic amines) is 1. The van der Waals surface area contributed by atoms with Crippen LogP contribution in [-0.2, 0) is 6.54 Å². The van der Waals surface area contributed by atoms with Gasteiger partial charge in [0.25, 0.3) is 0 Å². The molecule has 1 heterocycles. The van der Waals surface area contributed by atoms with Crippen LogP contribution in [0.15, 0.2) is 47.5 Å². The third kappa shape index (κ3) is 5.85. The van der Waals surface area contributed by atoms with Crippen molar-refractivity contribution in [3.8, 4) is 0 Å².